The van der Waals surface area contributed by atoms with Crippen LogP contribution < -0.4 is 5.32 Å². The van der Waals surface area contributed by atoms with Gasteiger partial charge in [0.15, 0.2) is 0 Å². The highest BCUT2D eigenvalue weighted by Gasteiger charge is 2.14. The van der Waals surface area contributed by atoms with Crippen molar-refractivity contribution in [2.24, 2.45) is 0 Å². The fraction of sp³-hybridized carbons (Fsp3) is 0.167. The number of amides is 1. The highest BCUT2D eigenvalue weighted by atomic mass is 32.2. The standard InChI is InChI=1S/C18H16N4OS2/c1-11-8-14-16(25-11)9-15-18(21-20-12(2)22(14)15)24-10-17(23)19-13-6-4-3-5-7-13/h3-9H,10H2,1-2H3,(H,19,23). The van der Waals surface area contributed by atoms with Crippen LogP contribution in [-0.2, 0) is 4.79 Å². The first-order valence-corrected chi connectivity index (χ1v) is 9.64. The zero-order valence-corrected chi connectivity index (χ0v) is 15.4. The van der Waals surface area contributed by atoms with E-state index in [9.17, 15) is 4.79 Å². The molecular formula is C18H16N4OS2. The Hall–Kier alpha value is -2.38. The first-order valence-electron chi connectivity index (χ1n) is 7.84. The Morgan fingerprint density at radius 1 is 1.16 bits per heavy atom. The number of aryl methyl sites for hydroxylation is 2. The van der Waals surface area contributed by atoms with Crippen molar-refractivity contribution in [3.8, 4) is 0 Å². The van der Waals surface area contributed by atoms with Crippen LogP contribution in [0.25, 0.3) is 15.7 Å². The minimum Gasteiger partial charge on any atom is -0.325 e. The zero-order valence-electron chi connectivity index (χ0n) is 13.8. The number of fused-ring (bicyclic) bond motifs is 3. The Balaban J connectivity index is 1.58. The number of hydrogen-bond acceptors (Lipinski definition) is 5. The number of nitrogens with one attached hydrogen (secondary N) is 1. The van der Waals surface area contributed by atoms with E-state index in [4.69, 9.17) is 0 Å². The molecule has 5 nitrogen and oxygen atoms in total. The summed E-state index contributed by atoms with van der Waals surface area (Å²) in [7, 11) is 0. The van der Waals surface area contributed by atoms with Gasteiger partial charge in [0.05, 0.1) is 21.5 Å². The molecule has 0 saturated heterocycles. The summed E-state index contributed by atoms with van der Waals surface area (Å²) in [5.41, 5.74) is 2.96. The lowest BCUT2D eigenvalue weighted by Gasteiger charge is -2.07. The molecule has 7 heteroatoms. The molecule has 0 aliphatic heterocycles. The van der Waals surface area contributed by atoms with E-state index in [0.717, 1.165) is 27.6 Å². The van der Waals surface area contributed by atoms with Gasteiger partial charge >= 0.3 is 0 Å². The third kappa shape index (κ3) is 3.12. The Bertz CT molecular complexity index is 1070. The van der Waals surface area contributed by atoms with Gasteiger partial charge in [0.2, 0.25) is 5.91 Å². The van der Waals surface area contributed by atoms with Gasteiger partial charge in [-0.05, 0) is 38.1 Å². The summed E-state index contributed by atoms with van der Waals surface area (Å²) in [5.74, 6) is 1.09. The van der Waals surface area contributed by atoms with Crippen molar-refractivity contribution in [1.82, 2.24) is 14.6 Å². The van der Waals surface area contributed by atoms with Crippen molar-refractivity contribution < 1.29 is 4.79 Å². The fourth-order valence-corrected chi connectivity index (χ4v) is 4.47. The quantitative estimate of drug-likeness (QED) is 0.546. The molecule has 0 radical (unpaired) electrons. The Morgan fingerprint density at radius 2 is 1.96 bits per heavy atom. The summed E-state index contributed by atoms with van der Waals surface area (Å²) in [5, 5.41) is 12.2. The minimum absolute atomic E-state index is 0.0547. The fourth-order valence-electron chi connectivity index (χ4n) is 2.79. The van der Waals surface area contributed by atoms with Gasteiger partial charge in [0.25, 0.3) is 0 Å². The Morgan fingerprint density at radius 3 is 2.76 bits per heavy atom. The number of carbonyl (C=O) groups is 1. The number of anilines is 1. The van der Waals surface area contributed by atoms with Crippen LogP contribution in [0.5, 0.6) is 0 Å². The van der Waals surface area contributed by atoms with Gasteiger partial charge in [-0.15, -0.1) is 21.5 Å². The van der Waals surface area contributed by atoms with Crippen molar-refractivity contribution in [1.29, 1.82) is 0 Å². The van der Waals surface area contributed by atoms with E-state index in [1.807, 2.05) is 37.3 Å². The summed E-state index contributed by atoms with van der Waals surface area (Å²) in [4.78, 5) is 13.4. The molecular weight excluding hydrogens is 352 g/mol. The van der Waals surface area contributed by atoms with Crippen LogP contribution >= 0.6 is 23.1 Å². The number of aromatic nitrogens is 3. The molecule has 1 aromatic carbocycles. The van der Waals surface area contributed by atoms with E-state index in [1.165, 1.54) is 21.3 Å². The van der Waals surface area contributed by atoms with Crippen LogP contribution in [-0.4, -0.2) is 26.3 Å². The van der Waals surface area contributed by atoms with Crippen LogP contribution in [0.2, 0.25) is 0 Å². The molecule has 3 heterocycles. The van der Waals surface area contributed by atoms with Gasteiger partial charge in [-0.2, -0.15) is 0 Å². The zero-order chi connectivity index (χ0) is 17.4. The van der Waals surface area contributed by atoms with E-state index >= 15 is 0 Å². The average Bonchev–Trinajstić information content (AvgIpc) is 3.11. The summed E-state index contributed by atoms with van der Waals surface area (Å²) < 4.78 is 3.33. The predicted molar refractivity (Wildman–Crippen MR) is 104 cm³/mol. The van der Waals surface area contributed by atoms with E-state index in [-0.39, 0.29) is 5.91 Å². The third-order valence-electron chi connectivity index (χ3n) is 3.84. The summed E-state index contributed by atoms with van der Waals surface area (Å²) in [6, 6.07) is 13.7. The second-order valence-electron chi connectivity index (χ2n) is 5.73. The molecule has 25 heavy (non-hydrogen) atoms. The molecule has 0 atom stereocenters. The average molecular weight is 368 g/mol. The van der Waals surface area contributed by atoms with Crippen molar-refractivity contribution in [3.63, 3.8) is 0 Å². The highest BCUT2D eigenvalue weighted by molar-refractivity contribution is 8.00. The van der Waals surface area contributed by atoms with Crippen LogP contribution in [0.15, 0.2) is 47.5 Å². The van der Waals surface area contributed by atoms with E-state index in [1.54, 1.807) is 11.3 Å². The molecule has 0 aliphatic rings. The highest BCUT2D eigenvalue weighted by Crippen LogP contribution is 2.32. The van der Waals surface area contributed by atoms with Gasteiger partial charge in [-0.1, -0.05) is 30.0 Å². The number of nitrogens with zero attached hydrogens (tertiary/aromatic N) is 3. The summed E-state index contributed by atoms with van der Waals surface area (Å²) in [6.07, 6.45) is 0. The molecule has 0 spiro atoms. The SMILES string of the molecule is Cc1cc2c(cc3c(SCC(=O)Nc4ccccc4)nnc(C)n32)s1. The molecule has 3 aromatic heterocycles. The van der Waals surface area contributed by atoms with E-state index in [2.05, 4.69) is 39.0 Å². The maximum atomic E-state index is 12.2. The second-order valence-corrected chi connectivity index (χ2v) is 7.98. The van der Waals surface area contributed by atoms with E-state index < -0.39 is 0 Å². The summed E-state index contributed by atoms with van der Waals surface area (Å²) >= 11 is 3.16. The predicted octanol–water partition coefficient (Wildman–Crippen LogP) is 4.29. The van der Waals surface area contributed by atoms with Gasteiger partial charge in [-0.25, -0.2) is 0 Å². The molecule has 4 aromatic rings. The number of benzene rings is 1. The van der Waals surface area contributed by atoms with Gasteiger partial charge in [-0.3, -0.25) is 9.20 Å². The monoisotopic (exact) mass is 368 g/mol. The van der Waals surface area contributed by atoms with Gasteiger partial charge in [0.1, 0.15) is 10.9 Å². The molecule has 0 bridgehead atoms. The Kier molecular flexibility index (Phi) is 4.19. The lowest BCUT2D eigenvalue weighted by Crippen LogP contribution is -2.14. The lowest BCUT2D eigenvalue weighted by molar-refractivity contribution is -0.113. The third-order valence-corrected chi connectivity index (χ3v) is 5.80. The second kappa shape index (κ2) is 6.50. The molecule has 0 aliphatic carbocycles. The van der Waals surface area contributed by atoms with Crippen molar-refractivity contribution in [2.75, 3.05) is 11.1 Å². The number of carbonyl (C=O) groups excluding carboxylic acids is 1. The molecule has 1 N–H and O–H groups in total. The van der Waals surface area contributed by atoms with Crippen molar-refractivity contribution in [2.45, 2.75) is 18.9 Å². The van der Waals surface area contributed by atoms with Crippen molar-refractivity contribution in [3.05, 3.63) is 53.2 Å². The van der Waals surface area contributed by atoms with Crippen molar-refractivity contribution >= 4 is 50.4 Å². The molecule has 0 unspecified atom stereocenters. The van der Waals surface area contributed by atoms with E-state index in [0.29, 0.717) is 5.75 Å². The van der Waals surface area contributed by atoms with Crippen LogP contribution in [0.4, 0.5) is 5.69 Å². The number of rotatable bonds is 4. The number of para-hydroxylation sites is 1. The number of thioether (sulfide) groups is 1. The summed E-state index contributed by atoms with van der Waals surface area (Å²) in [6.45, 7) is 4.05. The maximum absolute atomic E-state index is 12.2. The topological polar surface area (TPSA) is 59.3 Å². The minimum atomic E-state index is -0.0547. The van der Waals surface area contributed by atoms with Crippen LogP contribution in [0.1, 0.15) is 10.7 Å². The maximum Gasteiger partial charge on any atom is 0.234 e. The first-order chi connectivity index (χ1) is 12.1. The van der Waals surface area contributed by atoms with Gasteiger partial charge < -0.3 is 5.32 Å². The van der Waals surface area contributed by atoms with Gasteiger partial charge in [0, 0.05) is 10.6 Å². The van der Waals surface area contributed by atoms with Crippen LogP contribution in [0, 0.1) is 13.8 Å². The molecule has 0 fully saturated rings. The Labute approximate surface area is 153 Å². The van der Waals surface area contributed by atoms with Crippen LogP contribution in [0.3, 0.4) is 0 Å². The normalized spacial score (nSPS) is 11.3. The number of thiophene rings is 1. The smallest absolute Gasteiger partial charge is 0.234 e. The number of hydrogen-bond donors (Lipinski definition) is 1. The molecule has 0 saturated carbocycles. The largest absolute Gasteiger partial charge is 0.325 e. The molecule has 1 amide bonds. The molecule has 4 rings (SSSR count). The lowest BCUT2D eigenvalue weighted by atomic mass is 10.3. The first kappa shape index (κ1) is 16.1. The molecule has 126 valence electrons.